The lowest BCUT2D eigenvalue weighted by atomic mass is 10.1. The number of nitrogens with two attached hydrogens (primary N) is 1. The molecule has 3 rings (SSSR count). The van der Waals surface area contributed by atoms with Crippen LogP contribution < -0.4 is 10.5 Å². The number of carbonyl (C=O) groups excluding carboxylic acids is 1. The van der Waals surface area contributed by atoms with Crippen LogP contribution >= 0.6 is 0 Å². The van der Waals surface area contributed by atoms with Crippen LogP contribution in [0, 0.1) is 13.8 Å². The molecule has 0 bridgehead atoms. The highest BCUT2D eigenvalue weighted by Gasteiger charge is 2.32. The fourth-order valence-electron chi connectivity index (χ4n) is 3.16. The van der Waals surface area contributed by atoms with Crippen molar-refractivity contribution in [3.8, 4) is 5.75 Å². The number of ether oxygens (including phenoxy) is 1. The molecule has 1 atom stereocenters. The van der Waals surface area contributed by atoms with Crippen molar-refractivity contribution in [3.63, 3.8) is 0 Å². The Bertz CT molecular complexity index is 959. The second-order valence-corrected chi connectivity index (χ2v) is 8.66. The predicted molar refractivity (Wildman–Crippen MR) is 101 cm³/mol. The van der Waals surface area contributed by atoms with Gasteiger partial charge in [0.25, 0.3) is 5.91 Å². The number of primary amides is 1. The van der Waals surface area contributed by atoms with E-state index in [9.17, 15) is 13.2 Å². The van der Waals surface area contributed by atoms with Gasteiger partial charge in [-0.05, 0) is 49.9 Å². The molecule has 7 nitrogen and oxygen atoms in total. The first-order chi connectivity index (χ1) is 12.8. The van der Waals surface area contributed by atoms with Crippen molar-refractivity contribution in [1.82, 2.24) is 9.29 Å². The third-order valence-electron chi connectivity index (χ3n) is 4.59. The van der Waals surface area contributed by atoms with Gasteiger partial charge in [-0.15, -0.1) is 0 Å². The molecular weight excluding hydrogens is 366 g/mol. The number of piperidine rings is 1. The van der Waals surface area contributed by atoms with E-state index in [0.717, 1.165) is 17.5 Å². The van der Waals surface area contributed by atoms with Crippen LogP contribution in [-0.4, -0.2) is 42.8 Å². The zero-order chi connectivity index (χ0) is 19.6. The number of aryl methyl sites for hydroxylation is 2. The fourth-order valence-corrected chi connectivity index (χ4v) is 4.98. The molecule has 0 aliphatic carbocycles. The van der Waals surface area contributed by atoms with Gasteiger partial charge in [0.05, 0.1) is 11.4 Å². The minimum atomic E-state index is -3.60. The fraction of sp³-hybridized carbons (Fsp3) is 0.368. The molecular formula is C19H23N3O4S. The van der Waals surface area contributed by atoms with Crippen LogP contribution in [0.1, 0.15) is 34.5 Å². The van der Waals surface area contributed by atoms with E-state index in [1.54, 1.807) is 19.1 Å². The van der Waals surface area contributed by atoms with Crippen LogP contribution in [0.15, 0.2) is 41.4 Å². The number of sulfonamides is 1. The average Bonchev–Trinajstić information content (AvgIpc) is 2.64. The van der Waals surface area contributed by atoms with E-state index in [-0.39, 0.29) is 18.3 Å². The molecule has 1 amide bonds. The predicted octanol–water partition coefficient (Wildman–Crippen LogP) is 2.03. The molecule has 1 aliphatic rings. The number of carbonyl (C=O) groups is 1. The van der Waals surface area contributed by atoms with Gasteiger partial charge in [-0.3, -0.25) is 9.78 Å². The zero-order valence-corrected chi connectivity index (χ0v) is 16.2. The highest BCUT2D eigenvalue weighted by Crippen LogP contribution is 2.26. The summed E-state index contributed by atoms with van der Waals surface area (Å²) in [5.41, 5.74) is 6.98. The van der Waals surface area contributed by atoms with Crippen molar-refractivity contribution in [3.05, 3.63) is 53.3 Å². The zero-order valence-electron chi connectivity index (χ0n) is 15.4. The van der Waals surface area contributed by atoms with Crippen LogP contribution in [0.4, 0.5) is 0 Å². The number of hydrogen-bond donors (Lipinski definition) is 1. The normalized spacial score (nSPS) is 18.2. The quantitative estimate of drug-likeness (QED) is 0.843. The summed E-state index contributed by atoms with van der Waals surface area (Å²) >= 11 is 0. The Morgan fingerprint density at radius 1 is 1.26 bits per heavy atom. The summed E-state index contributed by atoms with van der Waals surface area (Å²) in [4.78, 5) is 15.5. The van der Waals surface area contributed by atoms with Crippen molar-refractivity contribution in [2.45, 2.75) is 37.7 Å². The maximum atomic E-state index is 13.1. The second-order valence-electron chi connectivity index (χ2n) is 6.76. The molecule has 144 valence electrons. The Labute approximate surface area is 159 Å². The molecule has 1 aromatic heterocycles. The number of benzene rings is 1. The van der Waals surface area contributed by atoms with E-state index in [1.165, 1.54) is 16.6 Å². The molecule has 27 heavy (non-hydrogen) atoms. The lowest BCUT2D eigenvalue weighted by molar-refractivity contribution is 0.0993. The minimum absolute atomic E-state index is 0.114. The number of amides is 1. The summed E-state index contributed by atoms with van der Waals surface area (Å²) in [5.74, 6) is -0.182. The van der Waals surface area contributed by atoms with Crippen molar-refractivity contribution in [1.29, 1.82) is 0 Å². The lowest BCUT2D eigenvalue weighted by Gasteiger charge is -2.32. The van der Waals surface area contributed by atoms with Crippen LogP contribution in [0.5, 0.6) is 5.75 Å². The van der Waals surface area contributed by atoms with Gasteiger partial charge in [-0.1, -0.05) is 12.1 Å². The first kappa shape index (κ1) is 19.3. The largest absolute Gasteiger partial charge is 0.489 e. The molecule has 2 aromatic rings. The van der Waals surface area contributed by atoms with Crippen LogP contribution in [0.25, 0.3) is 0 Å². The summed E-state index contributed by atoms with van der Waals surface area (Å²) < 4.78 is 33.6. The molecule has 1 aromatic carbocycles. The van der Waals surface area contributed by atoms with Gasteiger partial charge >= 0.3 is 0 Å². The van der Waals surface area contributed by atoms with Crippen molar-refractivity contribution >= 4 is 15.9 Å². The van der Waals surface area contributed by atoms with Gasteiger partial charge in [-0.2, -0.15) is 4.31 Å². The molecule has 0 saturated carbocycles. The molecule has 1 aliphatic heterocycles. The SMILES string of the molecule is Cc1ccc(C)c(S(=O)(=O)N2CCCC(Oc3ccnc(C(N)=O)c3)C2)c1. The first-order valence-electron chi connectivity index (χ1n) is 8.77. The van der Waals surface area contributed by atoms with Gasteiger partial charge < -0.3 is 10.5 Å². The smallest absolute Gasteiger partial charge is 0.267 e. The van der Waals surface area contributed by atoms with Crippen molar-refractivity contribution in [2.75, 3.05) is 13.1 Å². The third kappa shape index (κ3) is 4.28. The Balaban J connectivity index is 1.78. The van der Waals surface area contributed by atoms with Gasteiger partial charge in [0.1, 0.15) is 17.5 Å². The number of rotatable bonds is 5. The van der Waals surface area contributed by atoms with E-state index in [0.29, 0.717) is 23.6 Å². The molecule has 1 saturated heterocycles. The highest BCUT2D eigenvalue weighted by atomic mass is 32.2. The molecule has 1 unspecified atom stereocenters. The maximum Gasteiger partial charge on any atom is 0.267 e. The summed E-state index contributed by atoms with van der Waals surface area (Å²) in [6.07, 6.45) is 2.57. The summed E-state index contributed by atoms with van der Waals surface area (Å²) in [6, 6.07) is 8.53. The topological polar surface area (TPSA) is 103 Å². The standard InChI is InChI=1S/C19H23N3O4S/c1-13-5-6-14(2)18(10-13)27(24,25)22-9-3-4-16(12-22)26-15-7-8-21-17(11-15)19(20)23/h5-8,10-11,16H,3-4,9,12H2,1-2H3,(H2,20,23). The lowest BCUT2D eigenvalue weighted by Crippen LogP contribution is -2.44. The number of pyridine rings is 1. The minimum Gasteiger partial charge on any atom is -0.489 e. The maximum absolute atomic E-state index is 13.1. The molecule has 0 radical (unpaired) electrons. The van der Waals surface area contributed by atoms with E-state index in [1.807, 2.05) is 19.1 Å². The highest BCUT2D eigenvalue weighted by molar-refractivity contribution is 7.89. The number of aromatic nitrogens is 1. The van der Waals surface area contributed by atoms with Crippen molar-refractivity contribution < 1.29 is 17.9 Å². The van der Waals surface area contributed by atoms with E-state index >= 15 is 0 Å². The third-order valence-corrected chi connectivity index (χ3v) is 6.60. The van der Waals surface area contributed by atoms with Gasteiger partial charge in [0.2, 0.25) is 10.0 Å². The van der Waals surface area contributed by atoms with Crippen LogP contribution in [-0.2, 0) is 10.0 Å². The average molecular weight is 389 g/mol. The summed E-state index contributed by atoms with van der Waals surface area (Å²) in [5, 5.41) is 0. The molecule has 2 N–H and O–H groups in total. The number of nitrogens with zero attached hydrogens (tertiary/aromatic N) is 2. The summed E-state index contributed by atoms with van der Waals surface area (Å²) in [7, 11) is -3.60. The van der Waals surface area contributed by atoms with E-state index in [4.69, 9.17) is 10.5 Å². The van der Waals surface area contributed by atoms with Crippen LogP contribution in [0.3, 0.4) is 0 Å². The molecule has 8 heteroatoms. The van der Waals surface area contributed by atoms with E-state index < -0.39 is 15.9 Å². The second kappa shape index (κ2) is 7.66. The molecule has 2 heterocycles. The number of hydrogen-bond acceptors (Lipinski definition) is 5. The van der Waals surface area contributed by atoms with Gasteiger partial charge in [0, 0.05) is 18.8 Å². The Morgan fingerprint density at radius 2 is 2.04 bits per heavy atom. The first-order valence-corrected chi connectivity index (χ1v) is 10.2. The van der Waals surface area contributed by atoms with Gasteiger partial charge in [-0.25, -0.2) is 8.42 Å². The Hall–Kier alpha value is -2.45. The molecule has 0 spiro atoms. The van der Waals surface area contributed by atoms with Crippen molar-refractivity contribution in [2.24, 2.45) is 5.73 Å². The monoisotopic (exact) mass is 389 g/mol. The Kier molecular flexibility index (Phi) is 5.48. The van der Waals surface area contributed by atoms with Crippen LogP contribution in [0.2, 0.25) is 0 Å². The van der Waals surface area contributed by atoms with Gasteiger partial charge in [0.15, 0.2) is 0 Å². The summed E-state index contributed by atoms with van der Waals surface area (Å²) in [6.45, 7) is 4.38. The van der Waals surface area contributed by atoms with E-state index in [2.05, 4.69) is 4.98 Å². The molecule has 1 fully saturated rings. The Morgan fingerprint density at radius 3 is 2.78 bits per heavy atom.